The molecule has 1 aliphatic heterocycles. The number of aromatic carboxylic acids is 1. The van der Waals surface area contributed by atoms with E-state index in [2.05, 4.69) is 5.32 Å². The number of nitrogens with one attached hydrogen (secondary N) is 1. The number of para-hydroxylation sites is 1. The van der Waals surface area contributed by atoms with Crippen LogP contribution in [0.25, 0.3) is 0 Å². The average molecular weight is 435 g/mol. The molecule has 7 nitrogen and oxygen atoms in total. The number of hydrogen-bond acceptors (Lipinski definition) is 6. The molecular weight excluding hydrogens is 419 g/mol. The molecule has 9 heteroatoms. The van der Waals surface area contributed by atoms with Gasteiger partial charge in [0.05, 0.1) is 28.4 Å². The third-order valence-corrected chi connectivity index (χ3v) is 4.67. The predicted molar refractivity (Wildman–Crippen MR) is 110 cm³/mol. The zero-order valence-electron chi connectivity index (χ0n) is 15.2. The molecule has 1 aliphatic rings. The summed E-state index contributed by atoms with van der Waals surface area (Å²) in [5.41, 5.74) is 1.44. The van der Waals surface area contributed by atoms with E-state index in [1.54, 1.807) is 42.6 Å². The SMILES string of the molecule is COC(=O)C1=C(C=CNc2ccc(C(=O)O)cc2)OCN1c1c(Cl)cccc1Cl. The molecule has 2 N–H and O–H groups in total. The van der Waals surface area contributed by atoms with Crippen LogP contribution in [0, 0.1) is 0 Å². The number of carboxylic acid groups (broad SMARTS) is 1. The fraction of sp³-hybridized carbons (Fsp3) is 0.100. The molecule has 0 unspecified atom stereocenters. The lowest BCUT2D eigenvalue weighted by Crippen LogP contribution is -2.25. The molecule has 150 valence electrons. The minimum absolute atomic E-state index is 0.0286. The van der Waals surface area contributed by atoms with Crippen LogP contribution in [-0.2, 0) is 14.3 Å². The van der Waals surface area contributed by atoms with E-state index in [0.29, 0.717) is 21.4 Å². The number of nitrogens with zero attached hydrogens (tertiary/aromatic N) is 1. The van der Waals surface area contributed by atoms with Crippen LogP contribution in [-0.4, -0.2) is 30.9 Å². The molecule has 0 spiro atoms. The molecule has 0 atom stereocenters. The summed E-state index contributed by atoms with van der Waals surface area (Å²) in [5, 5.41) is 12.6. The van der Waals surface area contributed by atoms with Crippen molar-refractivity contribution in [2.24, 2.45) is 0 Å². The highest BCUT2D eigenvalue weighted by Crippen LogP contribution is 2.39. The van der Waals surface area contributed by atoms with Crippen LogP contribution in [0.1, 0.15) is 10.4 Å². The summed E-state index contributed by atoms with van der Waals surface area (Å²) in [4.78, 5) is 24.8. The molecule has 0 bridgehead atoms. The number of carbonyl (C=O) groups excluding carboxylic acids is 1. The second kappa shape index (κ2) is 8.89. The molecule has 0 amide bonds. The first kappa shape index (κ1) is 20.6. The van der Waals surface area contributed by atoms with Gasteiger partial charge in [0.25, 0.3) is 0 Å². The summed E-state index contributed by atoms with van der Waals surface area (Å²) in [7, 11) is 1.27. The lowest BCUT2D eigenvalue weighted by Gasteiger charge is -2.20. The van der Waals surface area contributed by atoms with Crippen molar-refractivity contribution in [3.63, 3.8) is 0 Å². The molecule has 29 heavy (non-hydrogen) atoms. The monoisotopic (exact) mass is 434 g/mol. The number of rotatable bonds is 6. The minimum Gasteiger partial charge on any atom is -0.478 e. The van der Waals surface area contributed by atoms with Crippen molar-refractivity contribution in [2.45, 2.75) is 0 Å². The van der Waals surface area contributed by atoms with E-state index in [-0.39, 0.29) is 23.8 Å². The maximum Gasteiger partial charge on any atom is 0.358 e. The molecule has 1 heterocycles. The second-order valence-corrected chi connectivity index (χ2v) is 6.65. The number of methoxy groups -OCH3 is 1. The van der Waals surface area contributed by atoms with Crippen molar-refractivity contribution < 1.29 is 24.2 Å². The molecule has 0 fully saturated rings. The molecule has 0 radical (unpaired) electrons. The van der Waals surface area contributed by atoms with Crippen molar-refractivity contribution in [1.29, 1.82) is 0 Å². The van der Waals surface area contributed by atoms with Gasteiger partial charge < -0.3 is 19.9 Å². The van der Waals surface area contributed by atoms with Gasteiger partial charge in [-0.1, -0.05) is 29.3 Å². The number of ether oxygens (including phenoxy) is 2. The summed E-state index contributed by atoms with van der Waals surface area (Å²) < 4.78 is 10.5. The van der Waals surface area contributed by atoms with E-state index in [1.807, 2.05) is 0 Å². The number of carbonyl (C=O) groups is 2. The Balaban J connectivity index is 1.86. The Labute approximate surface area is 176 Å². The minimum atomic E-state index is -1.00. The van der Waals surface area contributed by atoms with Crippen LogP contribution >= 0.6 is 23.2 Å². The van der Waals surface area contributed by atoms with E-state index in [0.717, 1.165) is 0 Å². The van der Waals surface area contributed by atoms with E-state index >= 15 is 0 Å². The molecule has 0 aliphatic carbocycles. The Morgan fingerprint density at radius 3 is 2.41 bits per heavy atom. The van der Waals surface area contributed by atoms with Crippen molar-refractivity contribution >= 4 is 46.5 Å². The maximum absolute atomic E-state index is 12.4. The molecule has 0 saturated heterocycles. The lowest BCUT2D eigenvalue weighted by molar-refractivity contribution is -0.136. The van der Waals surface area contributed by atoms with Crippen molar-refractivity contribution in [1.82, 2.24) is 0 Å². The van der Waals surface area contributed by atoms with Gasteiger partial charge in [0, 0.05) is 11.9 Å². The molecule has 0 aromatic heterocycles. The second-order valence-electron chi connectivity index (χ2n) is 5.84. The summed E-state index contributed by atoms with van der Waals surface area (Å²) in [6.45, 7) is 0.0286. The van der Waals surface area contributed by atoms with Crippen molar-refractivity contribution in [3.8, 4) is 0 Å². The van der Waals surface area contributed by atoms with Crippen LogP contribution < -0.4 is 10.2 Å². The number of benzene rings is 2. The number of allylic oxidation sites excluding steroid dienone is 1. The first-order valence-corrected chi connectivity index (χ1v) is 9.11. The van der Waals surface area contributed by atoms with Crippen LogP contribution in [0.5, 0.6) is 0 Å². The van der Waals surface area contributed by atoms with Gasteiger partial charge in [-0.05, 0) is 42.5 Å². The van der Waals surface area contributed by atoms with Gasteiger partial charge in [-0.3, -0.25) is 4.90 Å². The Kier molecular flexibility index (Phi) is 6.31. The quantitative estimate of drug-likeness (QED) is 0.647. The smallest absolute Gasteiger partial charge is 0.358 e. The van der Waals surface area contributed by atoms with Crippen molar-refractivity contribution in [2.75, 3.05) is 24.1 Å². The van der Waals surface area contributed by atoms with Gasteiger partial charge in [-0.2, -0.15) is 0 Å². The van der Waals surface area contributed by atoms with Gasteiger partial charge in [0.2, 0.25) is 0 Å². The third-order valence-electron chi connectivity index (χ3n) is 4.06. The van der Waals surface area contributed by atoms with Crippen LogP contribution in [0.15, 0.2) is 66.2 Å². The Hall–Kier alpha value is -3.16. The Morgan fingerprint density at radius 1 is 1.17 bits per heavy atom. The summed E-state index contributed by atoms with van der Waals surface area (Å²) in [6, 6.07) is 11.2. The molecule has 0 saturated carbocycles. The van der Waals surface area contributed by atoms with Gasteiger partial charge in [-0.25, -0.2) is 9.59 Å². The normalized spacial score (nSPS) is 13.6. The number of hydrogen-bond donors (Lipinski definition) is 2. The third kappa shape index (κ3) is 4.47. The van der Waals surface area contributed by atoms with Crippen LogP contribution in [0.3, 0.4) is 0 Å². The number of halogens is 2. The summed E-state index contributed by atoms with van der Waals surface area (Å²) in [6.07, 6.45) is 3.12. The maximum atomic E-state index is 12.4. The average Bonchev–Trinajstić information content (AvgIpc) is 3.11. The Bertz CT molecular complexity index is 982. The van der Waals surface area contributed by atoms with Gasteiger partial charge >= 0.3 is 11.9 Å². The lowest BCUT2D eigenvalue weighted by atomic mass is 10.2. The molecule has 2 aromatic rings. The molecule has 3 rings (SSSR count). The van der Waals surface area contributed by atoms with Gasteiger partial charge in [-0.15, -0.1) is 0 Å². The zero-order valence-corrected chi connectivity index (χ0v) is 16.7. The number of anilines is 2. The van der Waals surface area contributed by atoms with E-state index in [4.69, 9.17) is 37.8 Å². The first-order valence-electron chi connectivity index (χ1n) is 8.35. The van der Waals surface area contributed by atoms with Gasteiger partial charge in [0.15, 0.2) is 18.2 Å². The summed E-state index contributed by atoms with van der Waals surface area (Å²) >= 11 is 12.5. The summed E-state index contributed by atoms with van der Waals surface area (Å²) in [5.74, 6) is -1.34. The van der Waals surface area contributed by atoms with E-state index < -0.39 is 11.9 Å². The standard InChI is InChI=1S/C20H16Cl2N2O5/c1-28-20(27)18-16(9-10-23-13-7-5-12(6-8-13)19(25)26)29-11-24(18)17-14(21)3-2-4-15(17)22/h2-10,23H,11H2,1H3,(H,25,26). The Morgan fingerprint density at radius 2 is 1.83 bits per heavy atom. The topological polar surface area (TPSA) is 88.1 Å². The largest absolute Gasteiger partial charge is 0.478 e. The zero-order chi connectivity index (χ0) is 21.0. The fourth-order valence-corrected chi connectivity index (χ4v) is 3.28. The molecule has 2 aromatic carbocycles. The first-order chi connectivity index (χ1) is 13.9. The van der Waals surface area contributed by atoms with E-state index in [9.17, 15) is 9.59 Å². The van der Waals surface area contributed by atoms with Crippen LogP contribution in [0.4, 0.5) is 11.4 Å². The predicted octanol–water partition coefficient (Wildman–Crippen LogP) is 4.50. The van der Waals surface area contributed by atoms with Crippen molar-refractivity contribution in [3.05, 3.63) is 81.8 Å². The van der Waals surface area contributed by atoms with E-state index in [1.165, 1.54) is 24.1 Å². The van der Waals surface area contributed by atoms with Gasteiger partial charge in [0.1, 0.15) is 0 Å². The number of carboxylic acids is 1. The highest BCUT2D eigenvalue weighted by molar-refractivity contribution is 6.39. The number of esters is 1. The highest BCUT2D eigenvalue weighted by atomic mass is 35.5. The van der Waals surface area contributed by atoms with Crippen LogP contribution in [0.2, 0.25) is 10.0 Å². The molecular formula is C20H16Cl2N2O5. The highest BCUT2D eigenvalue weighted by Gasteiger charge is 2.32. The fourth-order valence-electron chi connectivity index (χ4n) is 2.68.